The third-order valence-electron chi connectivity index (χ3n) is 4.07. The Balaban J connectivity index is 2.03. The largest absolute Gasteiger partial charge is 0.492 e. The number of hydrogen-bond acceptors (Lipinski definition) is 5. The summed E-state index contributed by atoms with van der Waals surface area (Å²) in [6.45, 7) is 2.55. The van der Waals surface area contributed by atoms with E-state index in [0.717, 1.165) is 33.6 Å². The van der Waals surface area contributed by atoms with Crippen LogP contribution in [0.2, 0.25) is 0 Å². The van der Waals surface area contributed by atoms with Gasteiger partial charge in [0.25, 0.3) is 5.69 Å². The minimum atomic E-state index is -0.410. The molecule has 140 valence electrons. The molecule has 0 saturated carbocycles. The molecular formula is C19H19BrN4O3. The summed E-state index contributed by atoms with van der Waals surface area (Å²) in [6.07, 6.45) is 3.48. The predicted octanol–water partition coefficient (Wildman–Crippen LogP) is 4.57. The number of rotatable bonds is 7. The Morgan fingerprint density at radius 1 is 1.30 bits per heavy atom. The molecular weight excluding hydrogens is 412 g/mol. The number of imidazole rings is 1. The van der Waals surface area contributed by atoms with Crippen LogP contribution >= 0.6 is 15.9 Å². The van der Waals surface area contributed by atoms with E-state index in [9.17, 15) is 10.1 Å². The van der Waals surface area contributed by atoms with Crippen molar-refractivity contribution in [3.63, 3.8) is 0 Å². The van der Waals surface area contributed by atoms with E-state index in [1.165, 1.54) is 12.1 Å². The number of aromatic nitrogens is 2. The number of halogens is 1. The molecule has 3 rings (SSSR count). The number of alkyl halides is 1. The predicted molar refractivity (Wildman–Crippen MR) is 109 cm³/mol. The van der Waals surface area contributed by atoms with Crippen molar-refractivity contribution in [2.45, 2.75) is 6.92 Å². The molecule has 8 heteroatoms. The van der Waals surface area contributed by atoms with Crippen LogP contribution in [0.3, 0.4) is 0 Å². The standard InChI is InChI=1S/C19H19BrN4O3/c1-13-3-5-15(19(9-13)27-8-7-20)17-11-23(12-22-17)18-10-14(24(25)26)4-6-16(18)21-2/h3-6,9-12,21H,7-8H2,1-2H3. The monoisotopic (exact) mass is 430 g/mol. The maximum atomic E-state index is 11.1. The smallest absolute Gasteiger partial charge is 0.271 e. The van der Waals surface area contributed by atoms with E-state index in [2.05, 4.69) is 26.2 Å². The molecule has 0 bridgehead atoms. The van der Waals surface area contributed by atoms with Crippen LogP contribution in [0, 0.1) is 17.0 Å². The van der Waals surface area contributed by atoms with Gasteiger partial charge in [-0.15, -0.1) is 0 Å². The minimum Gasteiger partial charge on any atom is -0.492 e. The Labute approximate surface area is 165 Å². The first kappa shape index (κ1) is 18.9. The van der Waals surface area contributed by atoms with Crippen LogP contribution in [0.1, 0.15) is 5.56 Å². The van der Waals surface area contributed by atoms with Crippen LogP contribution in [0.4, 0.5) is 11.4 Å². The van der Waals surface area contributed by atoms with E-state index in [-0.39, 0.29) is 5.69 Å². The van der Waals surface area contributed by atoms with Gasteiger partial charge in [-0.25, -0.2) is 4.98 Å². The molecule has 1 N–H and O–H groups in total. The fourth-order valence-electron chi connectivity index (χ4n) is 2.76. The molecule has 1 heterocycles. The van der Waals surface area contributed by atoms with Crippen molar-refractivity contribution in [2.24, 2.45) is 0 Å². The van der Waals surface area contributed by atoms with E-state index < -0.39 is 4.92 Å². The summed E-state index contributed by atoms with van der Waals surface area (Å²) in [5.74, 6) is 0.757. The Morgan fingerprint density at radius 3 is 2.81 bits per heavy atom. The van der Waals surface area contributed by atoms with Crippen LogP contribution < -0.4 is 10.1 Å². The molecule has 0 aliphatic carbocycles. The lowest BCUT2D eigenvalue weighted by Crippen LogP contribution is -2.00. The van der Waals surface area contributed by atoms with E-state index >= 15 is 0 Å². The molecule has 27 heavy (non-hydrogen) atoms. The number of ether oxygens (including phenoxy) is 1. The lowest BCUT2D eigenvalue weighted by Gasteiger charge is -2.11. The summed E-state index contributed by atoms with van der Waals surface area (Å²) in [4.78, 5) is 15.2. The molecule has 2 aromatic carbocycles. The van der Waals surface area contributed by atoms with E-state index in [1.807, 2.05) is 31.3 Å². The normalized spacial score (nSPS) is 10.6. The summed E-state index contributed by atoms with van der Waals surface area (Å²) in [5.41, 5.74) is 4.14. The second-order valence-electron chi connectivity index (χ2n) is 5.91. The van der Waals surface area contributed by atoms with Gasteiger partial charge in [0.1, 0.15) is 5.75 Å². The summed E-state index contributed by atoms with van der Waals surface area (Å²) in [6, 6.07) is 10.6. The number of hydrogen-bond donors (Lipinski definition) is 1. The molecule has 0 atom stereocenters. The van der Waals surface area contributed by atoms with Gasteiger partial charge >= 0.3 is 0 Å². The highest BCUT2D eigenvalue weighted by Crippen LogP contribution is 2.32. The lowest BCUT2D eigenvalue weighted by molar-refractivity contribution is -0.384. The van der Waals surface area contributed by atoms with Crippen LogP contribution in [0.15, 0.2) is 48.9 Å². The molecule has 7 nitrogen and oxygen atoms in total. The highest BCUT2D eigenvalue weighted by atomic mass is 79.9. The zero-order valence-corrected chi connectivity index (χ0v) is 16.6. The van der Waals surface area contributed by atoms with Gasteiger partial charge in [0.05, 0.1) is 34.9 Å². The molecule has 0 spiro atoms. The van der Waals surface area contributed by atoms with E-state index in [0.29, 0.717) is 12.3 Å². The highest BCUT2D eigenvalue weighted by molar-refractivity contribution is 9.09. The van der Waals surface area contributed by atoms with Gasteiger partial charge in [-0.05, 0) is 30.7 Å². The van der Waals surface area contributed by atoms with Crippen molar-refractivity contribution in [1.82, 2.24) is 9.55 Å². The number of nitrogens with zero attached hydrogens (tertiary/aromatic N) is 3. The van der Waals surface area contributed by atoms with Crippen LogP contribution in [-0.2, 0) is 0 Å². The maximum absolute atomic E-state index is 11.1. The first-order valence-electron chi connectivity index (χ1n) is 8.34. The quantitative estimate of drug-likeness (QED) is 0.337. The first-order valence-corrected chi connectivity index (χ1v) is 9.46. The van der Waals surface area contributed by atoms with Crippen molar-refractivity contribution in [3.05, 3.63) is 64.6 Å². The summed E-state index contributed by atoms with van der Waals surface area (Å²) in [5, 5.41) is 14.9. The molecule has 0 radical (unpaired) electrons. The van der Waals surface area contributed by atoms with Crippen molar-refractivity contribution < 1.29 is 9.66 Å². The van der Waals surface area contributed by atoms with Crippen molar-refractivity contribution in [2.75, 3.05) is 24.3 Å². The Bertz CT molecular complexity index is 971. The Morgan fingerprint density at radius 2 is 2.11 bits per heavy atom. The molecule has 1 aromatic heterocycles. The third kappa shape index (κ3) is 4.11. The molecule has 0 unspecified atom stereocenters. The average molecular weight is 431 g/mol. The fraction of sp³-hybridized carbons (Fsp3) is 0.211. The second-order valence-corrected chi connectivity index (χ2v) is 6.70. The van der Waals surface area contributed by atoms with Gasteiger partial charge in [0.15, 0.2) is 0 Å². The van der Waals surface area contributed by atoms with Gasteiger partial charge in [-0.3, -0.25) is 10.1 Å². The maximum Gasteiger partial charge on any atom is 0.271 e. The summed E-state index contributed by atoms with van der Waals surface area (Å²) in [7, 11) is 1.77. The van der Waals surface area contributed by atoms with Gasteiger partial charge in [0.2, 0.25) is 0 Å². The minimum absolute atomic E-state index is 0.0240. The second kappa shape index (κ2) is 8.22. The SMILES string of the molecule is CNc1ccc([N+](=O)[O-])cc1-n1cnc(-c2ccc(C)cc2OCCBr)c1. The van der Waals surface area contributed by atoms with Gasteiger partial charge in [0, 0.05) is 36.3 Å². The molecule has 0 saturated heterocycles. The third-order valence-corrected chi connectivity index (χ3v) is 4.39. The number of non-ortho nitro benzene ring substituents is 1. The van der Waals surface area contributed by atoms with E-state index in [1.54, 1.807) is 24.0 Å². The van der Waals surface area contributed by atoms with Crippen molar-refractivity contribution >= 4 is 27.3 Å². The zero-order chi connectivity index (χ0) is 19.4. The van der Waals surface area contributed by atoms with Gasteiger partial charge in [-0.2, -0.15) is 0 Å². The van der Waals surface area contributed by atoms with Crippen LogP contribution in [0.25, 0.3) is 16.9 Å². The van der Waals surface area contributed by atoms with Crippen LogP contribution in [0.5, 0.6) is 5.75 Å². The molecule has 0 aliphatic heterocycles. The molecule has 3 aromatic rings. The summed E-state index contributed by atoms with van der Waals surface area (Å²) >= 11 is 3.37. The highest BCUT2D eigenvalue weighted by Gasteiger charge is 2.15. The number of nitro benzene ring substituents is 1. The summed E-state index contributed by atoms with van der Waals surface area (Å²) < 4.78 is 7.60. The van der Waals surface area contributed by atoms with E-state index in [4.69, 9.17) is 4.74 Å². The van der Waals surface area contributed by atoms with Gasteiger partial charge < -0.3 is 14.6 Å². The lowest BCUT2D eigenvalue weighted by atomic mass is 10.1. The zero-order valence-electron chi connectivity index (χ0n) is 15.0. The molecule has 0 aliphatic rings. The van der Waals surface area contributed by atoms with Crippen molar-refractivity contribution in [1.29, 1.82) is 0 Å². The first-order chi connectivity index (χ1) is 13.0. The fourth-order valence-corrected chi connectivity index (χ4v) is 2.92. The average Bonchev–Trinajstić information content (AvgIpc) is 3.15. The van der Waals surface area contributed by atoms with Crippen LogP contribution in [-0.4, -0.2) is 33.5 Å². The number of nitrogens with one attached hydrogen (secondary N) is 1. The Hall–Kier alpha value is -2.87. The molecule has 0 amide bonds. The van der Waals surface area contributed by atoms with Gasteiger partial charge in [-0.1, -0.05) is 22.0 Å². The number of aryl methyl sites for hydroxylation is 1. The molecule has 0 fully saturated rings. The number of benzene rings is 2. The number of anilines is 1. The van der Waals surface area contributed by atoms with Crippen molar-refractivity contribution in [3.8, 4) is 22.7 Å². The number of nitro groups is 1. The topological polar surface area (TPSA) is 82.2 Å². The Kier molecular flexibility index (Phi) is 5.75.